The molecular weight excluding hydrogens is 294 g/mol. The van der Waals surface area contributed by atoms with Gasteiger partial charge in [-0.3, -0.25) is 9.78 Å². The fourth-order valence-electron chi connectivity index (χ4n) is 2.82. The third-order valence-electron chi connectivity index (χ3n) is 4.01. The number of fused-ring (bicyclic) bond motifs is 2. The van der Waals surface area contributed by atoms with Crippen LogP contribution in [0.15, 0.2) is 29.0 Å². The predicted molar refractivity (Wildman–Crippen MR) is 81.6 cm³/mol. The van der Waals surface area contributed by atoms with Gasteiger partial charge in [-0.15, -0.1) is 0 Å². The number of amides is 1. The zero-order chi connectivity index (χ0) is 15.6. The number of hydrogen-bond acceptors (Lipinski definition) is 6. The fraction of sp³-hybridized carbons (Fsp3) is 0.312. The van der Waals surface area contributed by atoms with Gasteiger partial charge in [0.1, 0.15) is 22.7 Å². The van der Waals surface area contributed by atoms with E-state index in [2.05, 4.69) is 25.4 Å². The highest BCUT2D eigenvalue weighted by Crippen LogP contribution is 2.24. The quantitative estimate of drug-likeness (QED) is 0.793. The molecule has 3 aromatic heterocycles. The molecule has 0 unspecified atom stereocenters. The van der Waals surface area contributed by atoms with Gasteiger partial charge in [-0.2, -0.15) is 0 Å². The van der Waals surface area contributed by atoms with E-state index in [0.717, 1.165) is 42.7 Å². The first-order valence-electron chi connectivity index (χ1n) is 7.63. The van der Waals surface area contributed by atoms with Crippen molar-refractivity contribution in [2.75, 3.05) is 0 Å². The van der Waals surface area contributed by atoms with Gasteiger partial charge in [0.25, 0.3) is 5.91 Å². The molecule has 3 aromatic rings. The highest BCUT2D eigenvalue weighted by molar-refractivity contribution is 5.93. The van der Waals surface area contributed by atoms with Crippen LogP contribution < -0.4 is 5.32 Å². The Kier molecular flexibility index (Phi) is 3.45. The van der Waals surface area contributed by atoms with E-state index in [-0.39, 0.29) is 5.91 Å². The first kappa shape index (κ1) is 13.8. The highest BCUT2D eigenvalue weighted by atomic mass is 16.5. The molecular formula is C16H15N5O2. The van der Waals surface area contributed by atoms with Gasteiger partial charge in [-0.05, 0) is 31.4 Å². The van der Waals surface area contributed by atoms with Crippen LogP contribution in [0.5, 0.6) is 0 Å². The van der Waals surface area contributed by atoms with Crippen molar-refractivity contribution in [1.29, 1.82) is 0 Å². The topological polar surface area (TPSA) is 93.8 Å². The van der Waals surface area contributed by atoms with Crippen LogP contribution in [0.4, 0.5) is 0 Å². The molecule has 1 amide bonds. The zero-order valence-electron chi connectivity index (χ0n) is 12.5. The molecule has 3 heterocycles. The van der Waals surface area contributed by atoms with Crippen LogP contribution >= 0.6 is 0 Å². The summed E-state index contributed by atoms with van der Waals surface area (Å²) in [7, 11) is 0. The highest BCUT2D eigenvalue weighted by Gasteiger charge is 2.20. The number of carbonyl (C=O) groups excluding carboxylic acids is 1. The van der Waals surface area contributed by atoms with Crippen LogP contribution in [0.25, 0.3) is 11.2 Å². The Morgan fingerprint density at radius 3 is 3.00 bits per heavy atom. The van der Waals surface area contributed by atoms with E-state index in [1.54, 1.807) is 24.5 Å². The van der Waals surface area contributed by atoms with Gasteiger partial charge >= 0.3 is 0 Å². The molecule has 0 atom stereocenters. The van der Waals surface area contributed by atoms with Crippen molar-refractivity contribution in [1.82, 2.24) is 25.4 Å². The number of rotatable bonds is 3. The van der Waals surface area contributed by atoms with E-state index in [1.807, 2.05) is 0 Å². The summed E-state index contributed by atoms with van der Waals surface area (Å²) in [5.74, 6) is 0.699. The second-order valence-electron chi connectivity index (χ2n) is 5.52. The molecule has 0 bridgehead atoms. The van der Waals surface area contributed by atoms with Gasteiger partial charge in [0, 0.05) is 24.4 Å². The molecule has 0 aromatic carbocycles. The minimum Gasteiger partial charge on any atom is -0.361 e. The molecule has 4 rings (SSSR count). The van der Waals surface area contributed by atoms with Crippen LogP contribution in [0.3, 0.4) is 0 Å². The standard InChI is InChI=1S/C16H15N5O2/c22-16(12-6-5-11-15(20-12)18-8-7-17-11)19-9-13-10-3-1-2-4-14(10)23-21-13/h5-8H,1-4,9H2,(H,19,22). The van der Waals surface area contributed by atoms with Gasteiger partial charge in [-0.1, -0.05) is 5.16 Å². The Balaban J connectivity index is 1.50. The minimum absolute atomic E-state index is 0.259. The van der Waals surface area contributed by atoms with Gasteiger partial charge in [0.15, 0.2) is 5.65 Å². The Bertz CT molecular complexity index is 874. The molecule has 0 aliphatic heterocycles. The van der Waals surface area contributed by atoms with E-state index >= 15 is 0 Å². The lowest BCUT2D eigenvalue weighted by molar-refractivity contribution is 0.0945. The lowest BCUT2D eigenvalue weighted by Crippen LogP contribution is -2.24. The maximum atomic E-state index is 12.3. The summed E-state index contributed by atoms with van der Waals surface area (Å²) in [5.41, 5.74) is 3.39. The Hall–Kier alpha value is -2.83. The molecule has 0 saturated heterocycles. The molecule has 1 aliphatic rings. The van der Waals surface area contributed by atoms with E-state index in [1.165, 1.54) is 0 Å². The number of nitrogens with one attached hydrogen (secondary N) is 1. The van der Waals surface area contributed by atoms with Crippen LogP contribution in [0.1, 0.15) is 40.3 Å². The molecule has 7 heteroatoms. The number of hydrogen-bond donors (Lipinski definition) is 1. The van der Waals surface area contributed by atoms with Gasteiger partial charge < -0.3 is 9.84 Å². The van der Waals surface area contributed by atoms with E-state index in [0.29, 0.717) is 23.4 Å². The first-order valence-corrected chi connectivity index (χ1v) is 7.63. The maximum Gasteiger partial charge on any atom is 0.270 e. The number of pyridine rings is 1. The van der Waals surface area contributed by atoms with Gasteiger partial charge in [0.2, 0.25) is 0 Å². The Morgan fingerprint density at radius 1 is 1.17 bits per heavy atom. The van der Waals surface area contributed by atoms with Crippen molar-refractivity contribution in [3.8, 4) is 0 Å². The van der Waals surface area contributed by atoms with Crippen LogP contribution in [0, 0.1) is 0 Å². The maximum absolute atomic E-state index is 12.3. The summed E-state index contributed by atoms with van der Waals surface area (Å²) in [6.07, 6.45) is 7.32. The van der Waals surface area contributed by atoms with Crippen molar-refractivity contribution in [2.24, 2.45) is 0 Å². The Labute approximate surface area is 132 Å². The third kappa shape index (κ3) is 2.65. The summed E-state index contributed by atoms with van der Waals surface area (Å²) in [4.78, 5) is 24.8. The monoisotopic (exact) mass is 309 g/mol. The largest absolute Gasteiger partial charge is 0.361 e. The number of aromatic nitrogens is 4. The molecule has 116 valence electrons. The van der Waals surface area contributed by atoms with Crippen LogP contribution in [-0.4, -0.2) is 26.0 Å². The van der Waals surface area contributed by atoms with Crippen molar-refractivity contribution in [2.45, 2.75) is 32.2 Å². The average Bonchev–Trinajstić information content (AvgIpc) is 3.02. The van der Waals surface area contributed by atoms with Crippen molar-refractivity contribution < 1.29 is 9.32 Å². The van der Waals surface area contributed by atoms with Crippen LogP contribution in [0.2, 0.25) is 0 Å². The fourth-order valence-corrected chi connectivity index (χ4v) is 2.82. The first-order chi connectivity index (χ1) is 11.3. The normalized spacial score (nSPS) is 13.7. The summed E-state index contributed by atoms with van der Waals surface area (Å²) in [6, 6.07) is 3.38. The smallest absolute Gasteiger partial charge is 0.270 e. The van der Waals surface area contributed by atoms with E-state index < -0.39 is 0 Å². The van der Waals surface area contributed by atoms with E-state index in [9.17, 15) is 4.79 Å². The van der Waals surface area contributed by atoms with Crippen molar-refractivity contribution in [3.63, 3.8) is 0 Å². The summed E-state index contributed by atoms with van der Waals surface area (Å²) in [5, 5.41) is 6.92. The van der Waals surface area contributed by atoms with E-state index in [4.69, 9.17) is 4.52 Å². The van der Waals surface area contributed by atoms with Gasteiger partial charge in [-0.25, -0.2) is 9.97 Å². The molecule has 1 N–H and O–H groups in total. The molecule has 1 aliphatic carbocycles. The van der Waals surface area contributed by atoms with Crippen molar-refractivity contribution >= 4 is 17.1 Å². The lowest BCUT2D eigenvalue weighted by Gasteiger charge is -2.09. The summed E-state index contributed by atoms with van der Waals surface area (Å²) in [6.45, 7) is 0.345. The summed E-state index contributed by atoms with van der Waals surface area (Å²) >= 11 is 0. The lowest BCUT2D eigenvalue weighted by atomic mass is 9.96. The molecule has 0 radical (unpaired) electrons. The average molecular weight is 309 g/mol. The third-order valence-corrected chi connectivity index (χ3v) is 4.01. The number of carbonyl (C=O) groups is 1. The minimum atomic E-state index is -0.259. The SMILES string of the molecule is O=C(NCc1noc2c1CCCC2)c1ccc2nccnc2n1. The molecule has 0 fully saturated rings. The second-order valence-corrected chi connectivity index (χ2v) is 5.52. The summed E-state index contributed by atoms with van der Waals surface area (Å²) < 4.78 is 5.35. The van der Waals surface area contributed by atoms with Gasteiger partial charge in [0.05, 0.1) is 6.54 Å². The Morgan fingerprint density at radius 2 is 2.04 bits per heavy atom. The van der Waals surface area contributed by atoms with Crippen LogP contribution in [-0.2, 0) is 19.4 Å². The molecule has 23 heavy (non-hydrogen) atoms. The predicted octanol–water partition coefficient (Wildman–Crippen LogP) is 1.82. The molecule has 0 spiro atoms. The molecule has 0 saturated carbocycles. The van der Waals surface area contributed by atoms with Crippen molar-refractivity contribution in [3.05, 3.63) is 47.2 Å². The number of nitrogens with zero attached hydrogens (tertiary/aromatic N) is 4. The second kappa shape index (κ2) is 5.75. The molecule has 7 nitrogen and oxygen atoms in total. The zero-order valence-corrected chi connectivity index (χ0v) is 12.5. The number of aryl methyl sites for hydroxylation is 1.